The number of aryl methyl sites for hydroxylation is 2. The predicted molar refractivity (Wildman–Crippen MR) is 94.7 cm³/mol. The highest BCUT2D eigenvalue weighted by atomic mass is 16.5. The van der Waals surface area contributed by atoms with Crippen LogP contribution in [0.25, 0.3) is 0 Å². The normalized spacial score (nSPS) is 11.7. The van der Waals surface area contributed by atoms with Gasteiger partial charge in [-0.25, -0.2) is 0 Å². The third-order valence-electron chi connectivity index (χ3n) is 4.04. The van der Waals surface area contributed by atoms with Gasteiger partial charge in [0.15, 0.2) is 12.4 Å². The molecule has 0 fully saturated rings. The molecule has 2 amide bonds. The molecule has 0 saturated carbocycles. The van der Waals surface area contributed by atoms with Gasteiger partial charge in [0.2, 0.25) is 0 Å². The van der Waals surface area contributed by atoms with Crippen LogP contribution in [0.15, 0.2) is 34.7 Å². The fourth-order valence-corrected chi connectivity index (χ4v) is 2.43. The third-order valence-corrected chi connectivity index (χ3v) is 4.04. The number of nitrogens with one attached hydrogen (secondary N) is 2. The maximum absolute atomic E-state index is 12.5. The summed E-state index contributed by atoms with van der Waals surface area (Å²) in [5, 5.41) is 5.48. The van der Waals surface area contributed by atoms with Crippen molar-refractivity contribution in [3.63, 3.8) is 0 Å². The lowest BCUT2D eigenvalue weighted by molar-refractivity contribution is -0.122. The van der Waals surface area contributed by atoms with E-state index in [0.29, 0.717) is 12.2 Å². The molecular formula is C19H24N2O4. The maximum atomic E-state index is 12.5. The van der Waals surface area contributed by atoms with Crippen molar-refractivity contribution in [2.75, 3.05) is 13.7 Å². The first-order valence-corrected chi connectivity index (χ1v) is 8.26. The number of carbonyl (C=O) groups is 2. The zero-order valence-corrected chi connectivity index (χ0v) is 15.0. The van der Waals surface area contributed by atoms with Gasteiger partial charge in [-0.3, -0.25) is 9.59 Å². The van der Waals surface area contributed by atoms with Gasteiger partial charge in [0.1, 0.15) is 11.5 Å². The lowest BCUT2D eigenvalue weighted by Gasteiger charge is -2.20. The van der Waals surface area contributed by atoms with E-state index in [2.05, 4.69) is 10.6 Å². The number of ether oxygens (including phenoxy) is 1. The lowest BCUT2D eigenvalue weighted by Crippen LogP contribution is -2.29. The van der Waals surface area contributed by atoms with Crippen molar-refractivity contribution >= 4 is 11.8 Å². The summed E-state index contributed by atoms with van der Waals surface area (Å²) in [7, 11) is 1.56. The first-order valence-electron chi connectivity index (χ1n) is 8.26. The van der Waals surface area contributed by atoms with Crippen LogP contribution in [0.2, 0.25) is 0 Å². The second kappa shape index (κ2) is 8.37. The van der Waals surface area contributed by atoms with Crippen LogP contribution in [-0.2, 0) is 4.79 Å². The fourth-order valence-electron chi connectivity index (χ4n) is 2.43. The molecule has 1 aromatic carbocycles. The summed E-state index contributed by atoms with van der Waals surface area (Å²) >= 11 is 0. The van der Waals surface area contributed by atoms with Gasteiger partial charge in [0.05, 0.1) is 6.04 Å². The van der Waals surface area contributed by atoms with Crippen LogP contribution in [0.3, 0.4) is 0 Å². The Balaban J connectivity index is 2.17. The summed E-state index contributed by atoms with van der Waals surface area (Å²) in [4.78, 5) is 23.9. The van der Waals surface area contributed by atoms with Gasteiger partial charge in [-0.05, 0) is 38.0 Å². The number of para-hydroxylation sites is 1. The molecule has 1 unspecified atom stereocenters. The molecule has 0 bridgehead atoms. The summed E-state index contributed by atoms with van der Waals surface area (Å²) in [5.41, 5.74) is 1.76. The van der Waals surface area contributed by atoms with Gasteiger partial charge in [-0.1, -0.05) is 25.1 Å². The number of hydrogen-bond acceptors (Lipinski definition) is 4. The van der Waals surface area contributed by atoms with Gasteiger partial charge >= 0.3 is 0 Å². The van der Waals surface area contributed by atoms with E-state index in [1.165, 1.54) is 0 Å². The van der Waals surface area contributed by atoms with E-state index in [4.69, 9.17) is 9.15 Å². The van der Waals surface area contributed by atoms with Crippen molar-refractivity contribution in [3.05, 3.63) is 53.0 Å². The van der Waals surface area contributed by atoms with Crippen molar-refractivity contribution in [1.29, 1.82) is 0 Å². The summed E-state index contributed by atoms with van der Waals surface area (Å²) < 4.78 is 11.1. The summed E-state index contributed by atoms with van der Waals surface area (Å²) in [5.74, 6) is 1.10. The molecule has 2 N–H and O–H groups in total. The van der Waals surface area contributed by atoms with Crippen molar-refractivity contribution < 1.29 is 18.7 Å². The first-order chi connectivity index (χ1) is 12.0. The molecule has 134 valence electrons. The molecule has 6 heteroatoms. The molecule has 0 spiro atoms. The average molecular weight is 344 g/mol. The van der Waals surface area contributed by atoms with Crippen LogP contribution >= 0.6 is 0 Å². The molecule has 2 rings (SSSR count). The van der Waals surface area contributed by atoms with E-state index in [9.17, 15) is 9.59 Å². The van der Waals surface area contributed by atoms with Crippen molar-refractivity contribution in [2.45, 2.75) is 33.2 Å². The van der Waals surface area contributed by atoms with Crippen LogP contribution in [0.4, 0.5) is 0 Å². The quantitative estimate of drug-likeness (QED) is 0.809. The largest absolute Gasteiger partial charge is 0.483 e. The zero-order chi connectivity index (χ0) is 18.4. The summed E-state index contributed by atoms with van der Waals surface area (Å²) in [6.45, 7) is 5.62. The molecule has 1 heterocycles. The Morgan fingerprint density at radius 2 is 1.96 bits per heavy atom. The number of rotatable bonds is 7. The highest BCUT2D eigenvalue weighted by Crippen LogP contribution is 2.27. The van der Waals surface area contributed by atoms with E-state index < -0.39 is 0 Å². The minimum Gasteiger partial charge on any atom is -0.483 e. The van der Waals surface area contributed by atoms with Crippen LogP contribution in [0, 0.1) is 13.8 Å². The van der Waals surface area contributed by atoms with Crippen LogP contribution in [0.5, 0.6) is 5.75 Å². The smallest absolute Gasteiger partial charge is 0.287 e. The molecule has 6 nitrogen and oxygen atoms in total. The monoisotopic (exact) mass is 344 g/mol. The fraction of sp³-hybridized carbons (Fsp3) is 0.368. The Kier molecular flexibility index (Phi) is 6.22. The van der Waals surface area contributed by atoms with Crippen LogP contribution in [0.1, 0.15) is 46.8 Å². The van der Waals surface area contributed by atoms with Gasteiger partial charge in [0, 0.05) is 12.6 Å². The summed E-state index contributed by atoms with van der Waals surface area (Å²) in [6, 6.07) is 8.85. The topological polar surface area (TPSA) is 80.6 Å². The third kappa shape index (κ3) is 4.62. The van der Waals surface area contributed by atoms with Gasteiger partial charge < -0.3 is 19.8 Å². The second-order valence-electron chi connectivity index (χ2n) is 5.78. The van der Waals surface area contributed by atoms with Gasteiger partial charge in [-0.2, -0.15) is 0 Å². The molecule has 1 atom stereocenters. The summed E-state index contributed by atoms with van der Waals surface area (Å²) in [6.07, 6.45) is 0.671. The Morgan fingerprint density at radius 1 is 1.24 bits per heavy atom. The molecule has 0 aliphatic heterocycles. The Bertz CT molecular complexity index is 732. The van der Waals surface area contributed by atoms with Crippen molar-refractivity contribution in [3.8, 4) is 5.75 Å². The zero-order valence-electron chi connectivity index (χ0n) is 15.0. The number of furan rings is 1. The molecule has 1 aromatic heterocycles. The van der Waals surface area contributed by atoms with Gasteiger partial charge in [-0.15, -0.1) is 0 Å². The minimum absolute atomic E-state index is 0.0749. The minimum atomic E-state index is -0.274. The molecular weight excluding hydrogens is 320 g/mol. The Labute approximate surface area is 147 Å². The number of hydrogen-bond donors (Lipinski definition) is 2. The number of carbonyl (C=O) groups excluding carboxylic acids is 2. The maximum Gasteiger partial charge on any atom is 0.287 e. The number of benzene rings is 1. The van der Waals surface area contributed by atoms with E-state index in [0.717, 1.165) is 16.9 Å². The first kappa shape index (κ1) is 18.6. The molecule has 25 heavy (non-hydrogen) atoms. The highest BCUT2D eigenvalue weighted by molar-refractivity contribution is 5.92. The second-order valence-corrected chi connectivity index (χ2v) is 5.78. The number of amides is 2. The number of likely N-dealkylation sites (N-methyl/N-ethyl adjacent to an activating group) is 1. The van der Waals surface area contributed by atoms with Crippen LogP contribution in [-0.4, -0.2) is 25.5 Å². The van der Waals surface area contributed by atoms with E-state index in [1.54, 1.807) is 19.2 Å². The van der Waals surface area contributed by atoms with Gasteiger partial charge in [0.25, 0.3) is 11.8 Å². The average Bonchev–Trinajstić information content (AvgIpc) is 2.96. The van der Waals surface area contributed by atoms with E-state index in [-0.39, 0.29) is 30.2 Å². The predicted octanol–water partition coefficient (Wildman–Crippen LogP) is 2.90. The van der Waals surface area contributed by atoms with Crippen molar-refractivity contribution in [1.82, 2.24) is 10.6 Å². The lowest BCUT2D eigenvalue weighted by atomic mass is 10.0. The molecule has 0 radical (unpaired) electrons. The van der Waals surface area contributed by atoms with Crippen molar-refractivity contribution in [2.24, 2.45) is 0 Å². The highest BCUT2D eigenvalue weighted by Gasteiger charge is 2.20. The van der Waals surface area contributed by atoms with Crippen LogP contribution < -0.4 is 15.4 Å². The Morgan fingerprint density at radius 3 is 2.56 bits per heavy atom. The Hall–Kier alpha value is -2.76. The van der Waals surface area contributed by atoms with E-state index in [1.807, 2.05) is 39.0 Å². The molecule has 0 aliphatic rings. The molecule has 0 aliphatic carbocycles. The SMILES string of the molecule is CCC(NC(=O)c1cc(C)c(C)o1)c1ccccc1OCC(=O)NC. The van der Waals surface area contributed by atoms with E-state index >= 15 is 0 Å². The molecule has 2 aromatic rings. The molecule has 0 saturated heterocycles. The standard InChI is InChI=1S/C19H24N2O4/c1-5-15(21-19(23)17-10-12(2)13(3)25-17)14-8-6-7-9-16(14)24-11-18(22)20-4/h6-10,15H,5,11H2,1-4H3,(H,20,22)(H,21,23).